The number of phenols is 3. The number of hydrogen-bond donors (Lipinski definition) is 3. The Morgan fingerprint density at radius 1 is 1.12 bits per heavy atom. The van der Waals surface area contributed by atoms with Gasteiger partial charge in [-0.25, -0.2) is 0 Å². The molecule has 0 amide bonds. The van der Waals surface area contributed by atoms with Gasteiger partial charge in [0, 0.05) is 5.56 Å². The van der Waals surface area contributed by atoms with E-state index in [1.54, 1.807) is 30.3 Å². The number of carbonyl (C=O) groups is 1. The summed E-state index contributed by atoms with van der Waals surface area (Å²) in [5, 5.41) is 30.2. The monoisotopic (exact) mass is 336 g/mol. The van der Waals surface area contributed by atoms with Crippen LogP contribution in [0.3, 0.4) is 0 Å². The molecule has 0 aliphatic heterocycles. The number of phenolic OH excluding ortho intramolecular Hbond substituents is 3. The highest BCUT2D eigenvalue weighted by Crippen LogP contribution is 2.39. The number of benzene rings is 2. The minimum absolute atomic E-state index is 0.00601. The second kappa shape index (κ2) is 6.48. The average Bonchev–Trinajstić information content (AvgIpc) is 2.54. The maximum absolute atomic E-state index is 12.6. The molecule has 0 radical (unpaired) electrons. The highest BCUT2D eigenvalue weighted by molar-refractivity contribution is 6.14. The number of fused-ring (bicyclic) bond motifs is 1. The number of rotatable bonds is 3. The summed E-state index contributed by atoms with van der Waals surface area (Å²) in [7, 11) is 0. The molecular weight excluding hydrogens is 316 g/mol. The minimum atomic E-state index is -0.278. The third-order valence-electron chi connectivity index (χ3n) is 4.35. The minimum Gasteiger partial charge on any atom is -0.508 e. The zero-order chi connectivity index (χ0) is 18.1. The molecule has 0 spiro atoms. The van der Waals surface area contributed by atoms with Crippen LogP contribution >= 0.6 is 0 Å². The summed E-state index contributed by atoms with van der Waals surface area (Å²) in [4.78, 5) is 12.6. The van der Waals surface area contributed by atoms with E-state index in [1.807, 2.05) is 19.9 Å². The summed E-state index contributed by atoms with van der Waals surface area (Å²) in [5.74, 6) is -0.265. The van der Waals surface area contributed by atoms with Crippen molar-refractivity contribution < 1.29 is 20.1 Å². The molecule has 2 aromatic rings. The largest absolute Gasteiger partial charge is 0.508 e. The van der Waals surface area contributed by atoms with Crippen LogP contribution in [0.5, 0.6) is 17.2 Å². The Hall–Kier alpha value is -3.01. The Morgan fingerprint density at radius 2 is 1.80 bits per heavy atom. The van der Waals surface area contributed by atoms with Crippen LogP contribution in [0.2, 0.25) is 0 Å². The SMILES string of the molecule is CC(C)=CCc1c(O)cc2c(c1O)C(=O)C=C(c1ccc(O)cc1)C2. The van der Waals surface area contributed by atoms with Crippen molar-refractivity contribution in [2.24, 2.45) is 0 Å². The molecule has 0 fully saturated rings. The standard InChI is InChI=1S/C21H20O4/c1-12(2)3-8-17-18(23)11-15-9-14(10-19(24)20(15)21(17)25)13-4-6-16(22)7-5-13/h3-7,10-11,22-23,25H,8-9H2,1-2H3. The highest BCUT2D eigenvalue weighted by atomic mass is 16.3. The zero-order valence-electron chi connectivity index (χ0n) is 14.2. The Morgan fingerprint density at radius 3 is 2.44 bits per heavy atom. The van der Waals surface area contributed by atoms with E-state index in [9.17, 15) is 20.1 Å². The van der Waals surface area contributed by atoms with Crippen molar-refractivity contribution in [3.8, 4) is 17.2 Å². The van der Waals surface area contributed by atoms with Gasteiger partial charge in [-0.1, -0.05) is 23.8 Å². The molecule has 128 valence electrons. The van der Waals surface area contributed by atoms with E-state index in [4.69, 9.17) is 0 Å². The molecule has 0 aromatic heterocycles. The fourth-order valence-corrected chi connectivity index (χ4v) is 3.02. The van der Waals surface area contributed by atoms with Crippen molar-refractivity contribution in [2.75, 3.05) is 0 Å². The topological polar surface area (TPSA) is 77.8 Å². The summed E-state index contributed by atoms with van der Waals surface area (Å²) in [6.07, 6.45) is 4.20. The van der Waals surface area contributed by atoms with Gasteiger partial charge in [0.05, 0.1) is 5.56 Å². The molecule has 4 heteroatoms. The summed E-state index contributed by atoms with van der Waals surface area (Å²) in [6.45, 7) is 3.87. The first-order valence-corrected chi connectivity index (χ1v) is 8.11. The molecule has 3 rings (SSSR count). The second-order valence-electron chi connectivity index (χ2n) is 6.50. The molecule has 1 aliphatic carbocycles. The highest BCUT2D eigenvalue weighted by Gasteiger charge is 2.25. The number of carbonyl (C=O) groups excluding carboxylic acids is 1. The van der Waals surface area contributed by atoms with Crippen molar-refractivity contribution in [1.82, 2.24) is 0 Å². The van der Waals surface area contributed by atoms with Gasteiger partial charge in [0.25, 0.3) is 0 Å². The number of aromatic hydroxyl groups is 3. The summed E-state index contributed by atoms with van der Waals surface area (Å²) in [5.41, 5.74) is 3.91. The molecule has 0 atom stereocenters. The van der Waals surface area contributed by atoms with Crippen LogP contribution in [0.4, 0.5) is 0 Å². The summed E-state index contributed by atoms with van der Waals surface area (Å²) >= 11 is 0. The third kappa shape index (κ3) is 3.29. The predicted octanol–water partition coefficient (Wildman–Crippen LogP) is 4.13. The molecule has 0 unspecified atom stereocenters. The fourth-order valence-electron chi connectivity index (χ4n) is 3.02. The van der Waals surface area contributed by atoms with Gasteiger partial charge in [0.1, 0.15) is 17.2 Å². The molecule has 1 aliphatic rings. The summed E-state index contributed by atoms with van der Waals surface area (Å²) < 4.78 is 0. The molecule has 4 nitrogen and oxygen atoms in total. The Balaban J connectivity index is 2.03. The molecule has 0 saturated heterocycles. The van der Waals surface area contributed by atoms with Crippen molar-refractivity contribution >= 4 is 11.4 Å². The van der Waals surface area contributed by atoms with Gasteiger partial charge in [0.15, 0.2) is 5.78 Å². The number of ketones is 1. The first-order valence-electron chi connectivity index (χ1n) is 8.11. The fraction of sp³-hybridized carbons (Fsp3) is 0.190. The number of hydrogen-bond acceptors (Lipinski definition) is 4. The van der Waals surface area contributed by atoms with Gasteiger partial charge in [0.2, 0.25) is 0 Å². The first kappa shape index (κ1) is 16.8. The Labute approximate surface area is 146 Å². The van der Waals surface area contributed by atoms with E-state index in [-0.39, 0.29) is 28.6 Å². The van der Waals surface area contributed by atoms with E-state index in [0.717, 1.165) is 16.7 Å². The maximum Gasteiger partial charge on any atom is 0.190 e. The van der Waals surface area contributed by atoms with Crippen molar-refractivity contribution in [3.63, 3.8) is 0 Å². The smallest absolute Gasteiger partial charge is 0.190 e. The lowest BCUT2D eigenvalue weighted by Gasteiger charge is -2.20. The lowest BCUT2D eigenvalue weighted by atomic mass is 9.85. The van der Waals surface area contributed by atoms with Gasteiger partial charge >= 0.3 is 0 Å². The van der Waals surface area contributed by atoms with E-state index in [1.165, 1.54) is 6.08 Å². The van der Waals surface area contributed by atoms with E-state index in [0.29, 0.717) is 24.0 Å². The predicted molar refractivity (Wildman–Crippen MR) is 97.0 cm³/mol. The van der Waals surface area contributed by atoms with E-state index < -0.39 is 0 Å². The lowest BCUT2D eigenvalue weighted by Crippen LogP contribution is -2.11. The molecule has 0 heterocycles. The van der Waals surface area contributed by atoms with Crippen LogP contribution in [-0.2, 0) is 12.8 Å². The molecule has 3 N–H and O–H groups in total. The number of allylic oxidation sites excluding steroid dienone is 4. The van der Waals surface area contributed by atoms with Crippen molar-refractivity contribution in [1.29, 1.82) is 0 Å². The maximum atomic E-state index is 12.6. The van der Waals surface area contributed by atoms with E-state index >= 15 is 0 Å². The van der Waals surface area contributed by atoms with Gasteiger partial charge in [-0.3, -0.25) is 4.79 Å². The zero-order valence-corrected chi connectivity index (χ0v) is 14.2. The molecule has 0 bridgehead atoms. The average molecular weight is 336 g/mol. The van der Waals surface area contributed by atoms with Crippen LogP contribution in [0.1, 0.15) is 40.9 Å². The van der Waals surface area contributed by atoms with Gasteiger partial charge < -0.3 is 15.3 Å². The first-order chi connectivity index (χ1) is 11.9. The molecule has 25 heavy (non-hydrogen) atoms. The lowest BCUT2D eigenvalue weighted by molar-refractivity contribution is 0.104. The van der Waals surface area contributed by atoms with Gasteiger partial charge in [-0.15, -0.1) is 0 Å². The van der Waals surface area contributed by atoms with E-state index in [2.05, 4.69) is 0 Å². The van der Waals surface area contributed by atoms with Crippen molar-refractivity contribution in [3.05, 3.63) is 70.3 Å². The van der Waals surface area contributed by atoms with Crippen LogP contribution in [0, 0.1) is 0 Å². The normalized spacial score (nSPS) is 13.2. The molecule has 0 saturated carbocycles. The molecule has 2 aromatic carbocycles. The Bertz CT molecular complexity index is 898. The van der Waals surface area contributed by atoms with Crippen LogP contribution in [-0.4, -0.2) is 21.1 Å². The van der Waals surface area contributed by atoms with Crippen LogP contribution < -0.4 is 0 Å². The van der Waals surface area contributed by atoms with Crippen molar-refractivity contribution in [2.45, 2.75) is 26.7 Å². The van der Waals surface area contributed by atoms with Gasteiger partial charge in [-0.2, -0.15) is 0 Å². The molecular formula is C21H20O4. The Kier molecular flexibility index (Phi) is 4.36. The third-order valence-corrected chi connectivity index (χ3v) is 4.35. The van der Waals surface area contributed by atoms with Crippen LogP contribution in [0.25, 0.3) is 5.57 Å². The quantitative estimate of drug-likeness (QED) is 0.736. The van der Waals surface area contributed by atoms with Crippen LogP contribution in [0.15, 0.2) is 48.1 Å². The second-order valence-corrected chi connectivity index (χ2v) is 6.50. The summed E-state index contributed by atoms with van der Waals surface area (Å²) in [6, 6.07) is 8.17. The van der Waals surface area contributed by atoms with Gasteiger partial charge in [-0.05, 0) is 67.7 Å².